The smallest absolute Gasteiger partial charge is 0.234 e. The van der Waals surface area contributed by atoms with Crippen LogP contribution in [0.15, 0.2) is 24.3 Å². The molecule has 0 radical (unpaired) electrons. The van der Waals surface area contributed by atoms with Crippen molar-refractivity contribution < 1.29 is 22.8 Å². The molecule has 0 bridgehead atoms. The number of hydrogen-bond donors (Lipinski definition) is 1. The molecule has 2 rings (SSSR count). The van der Waals surface area contributed by atoms with E-state index in [0.29, 0.717) is 30.3 Å². The van der Waals surface area contributed by atoms with Crippen LogP contribution in [-0.4, -0.2) is 67.4 Å². The maximum Gasteiger partial charge on any atom is 0.234 e. The van der Waals surface area contributed by atoms with Crippen LogP contribution in [0.5, 0.6) is 0 Å². The van der Waals surface area contributed by atoms with Crippen LogP contribution in [-0.2, 0) is 14.8 Å². The highest BCUT2D eigenvalue weighted by atomic mass is 32.2. The quantitative estimate of drug-likeness (QED) is 0.215. The molecular weight excluding hydrogens is 397 g/mol. The Balaban J connectivity index is 1.99. The summed E-state index contributed by atoms with van der Waals surface area (Å²) in [4.78, 5) is 12.7. The predicted octanol–water partition coefficient (Wildman–Crippen LogP) is 2.08. The molecule has 0 spiro atoms. The van der Waals surface area contributed by atoms with Gasteiger partial charge in [0.15, 0.2) is 0 Å². The Hall–Kier alpha value is -2.15. The average molecular weight is 426 g/mol. The fourth-order valence-electron chi connectivity index (χ4n) is 3.13. The van der Waals surface area contributed by atoms with Gasteiger partial charge in [0.25, 0.3) is 0 Å². The van der Waals surface area contributed by atoms with Crippen molar-refractivity contribution in [1.29, 1.82) is 0 Å². The summed E-state index contributed by atoms with van der Waals surface area (Å²) in [6.07, 6.45) is 3.68. The second kappa shape index (κ2) is 11.1. The standard InChI is InChI=1S/C20H28FN3O4S/c1-2-3-4-5-6-9-18(24(26)17-25)16-29(27,28)23-14-12-22(13-15-23)20-11-8-7-10-19(20)21/h7-8,10-11,17-18,26H,2-5,12-16H2,1H3. The van der Waals surface area contributed by atoms with E-state index < -0.39 is 21.8 Å². The molecule has 0 aromatic heterocycles. The molecule has 1 saturated heterocycles. The third kappa shape index (κ3) is 6.70. The number of rotatable bonds is 9. The van der Waals surface area contributed by atoms with Gasteiger partial charge in [-0.2, -0.15) is 4.31 Å². The molecular formula is C20H28FN3O4S. The number of carbonyl (C=O) groups excluding carboxylic acids is 1. The molecule has 1 aromatic rings. The molecule has 1 unspecified atom stereocenters. The lowest BCUT2D eigenvalue weighted by Crippen LogP contribution is -2.51. The van der Waals surface area contributed by atoms with Crippen LogP contribution in [0.2, 0.25) is 0 Å². The van der Waals surface area contributed by atoms with Gasteiger partial charge in [-0.05, 0) is 18.6 Å². The van der Waals surface area contributed by atoms with E-state index in [9.17, 15) is 22.8 Å². The Morgan fingerprint density at radius 3 is 2.55 bits per heavy atom. The first-order valence-corrected chi connectivity index (χ1v) is 11.4. The minimum Gasteiger partial charge on any atom is -0.367 e. The lowest BCUT2D eigenvalue weighted by molar-refractivity contribution is -0.153. The van der Waals surface area contributed by atoms with E-state index in [1.807, 2.05) is 0 Å². The summed E-state index contributed by atoms with van der Waals surface area (Å²) < 4.78 is 40.8. The van der Waals surface area contributed by atoms with E-state index in [2.05, 4.69) is 18.8 Å². The predicted molar refractivity (Wildman–Crippen MR) is 109 cm³/mol. The number of anilines is 1. The van der Waals surface area contributed by atoms with Crippen molar-refractivity contribution in [2.75, 3.05) is 36.8 Å². The van der Waals surface area contributed by atoms with Crippen molar-refractivity contribution in [2.24, 2.45) is 0 Å². The van der Waals surface area contributed by atoms with Crippen molar-refractivity contribution in [3.63, 3.8) is 0 Å². The number of nitrogens with zero attached hydrogens (tertiary/aromatic N) is 3. The normalized spacial score (nSPS) is 16.0. The van der Waals surface area contributed by atoms with Gasteiger partial charge in [-0.3, -0.25) is 10.0 Å². The molecule has 160 valence electrons. The summed E-state index contributed by atoms with van der Waals surface area (Å²) >= 11 is 0. The molecule has 1 heterocycles. The maximum atomic E-state index is 13.9. The molecule has 1 aliphatic rings. The van der Waals surface area contributed by atoms with Crippen LogP contribution in [0.25, 0.3) is 0 Å². The van der Waals surface area contributed by atoms with Gasteiger partial charge >= 0.3 is 0 Å². The van der Waals surface area contributed by atoms with Crippen LogP contribution in [0, 0.1) is 17.7 Å². The Morgan fingerprint density at radius 2 is 1.93 bits per heavy atom. The zero-order valence-electron chi connectivity index (χ0n) is 16.6. The largest absolute Gasteiger partial charge is 0.367 e. The first-order chi connectivity index (χ1) is 13.9. The molecule has 1 fully saturated rings. The molecule has 1 aliphatic heterocycles. The number of hydrogen-bond acceptors (Lipinski definition) is 5. The number of carbonyl (C=O) groups is 1. The van der Waals surface area contributed by atoms with E-state index in [1.165, 1.54) is 10.4 Å². The second-order valence-electron chi connectivity index (χ2n) is 6.90. The maximum absolute atomic E-state index is 13.9. The Kier molecular flexibility index (Phi) is 8.89. The summed E-state index contributed by atoms with van der Waals surface area (Å²) in [5, 5.41) is 10.0. The van der Waals surface area contributed by atoms with Crippen molar-refractivity contribution >= 4 is 22.1 Å². The van der Waals surface area contributed by atoms with Gasteiger partial charge in [0, 0.05) is 32.6 Å². The van der Waals surface area contributed by atoms with Crippen molar-refractivity contribution in [1.82, 2.24) is 9.37 Å². The van der Waals surface area contributed by atoms with Crippen LogP contribution in [0.4, 0.5) is 10.1 Å². The van der Waals surface area contributed by atoms with Gasteiger partial charge in [-0.15, -0.1) is 5.92 Å². The van der Waals surface area contributed by atoms with Gasteiger partial charge in [-0.25, -0.2) is 17.9 Å². The number of unbranched alkanes of at least 4 members (excludes halogenated alkanes) is 3. The lowest BCUT2D eigenvalue weighted by Gasteiger charge is -2.36. The number of amides is 1. The third-order valence-corrected chi connectivity index (χ3v) is 6.68. The minimum atomic E-state index is -3.75. The van der Waals surface area contributed by atoms with Gasteiger partial charge in [0.2, 0.25) is 16.4 Å². The average Bonchev–Trinajstić information content (AvgIpc) is 2.72. The van der Waals surface area contributed by atoms with Crippen molar-refractivity contribution in [3.05, 3.63) is 30.1 Å². The van der Waals surface area contributed by atoms with Gasteiger partial charge in [0.05, 0.1) is 11.4 Å². The molecule has 9 heteroatoms. The summed E-state index contributed by atoms with van der Waals surface area (Å²) in [6, 6.07) is 5.26. The third-order valence-electron chi connectivity index (χ3n) is 4.79. The highest BCUT2D eigenvalue weighted by molar-refractivity contribution is 7.89. The molecule has 7 nitrogen and oxygen atoms in total. The summed E-state index contributed by atoms with van der Waals surface area (Å²) in [7, 11) is -3.75. The molecule has 1 N–H and O–H groups in total. The van der Waals surface area contributed by atoms with Gasteiger partial charge in [0.1, 0.15) is 11.9 Å². The Bertz CT molecular complexity index is 830. The Morgan fingerprint density at radius 1 is 1.24 bits per heavy atom. The number of halogens is 1. The summed E-state index contributed by atoms with van der Waals surface area (Å²) in [6.45, 7) is 3.16. The van der Waals surface area contributed by atoms with Crippen molar-refractivity contribution in [2.45, 2.75) is 38.6 Å². The topological polar surface area (TPSA) is 81.2 Å². The first kappa shape index (κ1) is 23.1. The molecule has 1 amide bonds. The second-order valence-corrected chi connectivity index (χ2v) is 8.91. The first-order valence-electron chi connectivity index (χ1n) is 9.77. The number of hydroxylamine groups is 2. The molecule has 1 aromatic carbocycles. The van der Waals surface area contributed by atoms with E-state index in [4.69, 9.17) is 0 Å². The minimum absolute atomic E-state index is 0.164. The fraction of sp³-hybridized carbons (Fsp3) is 0.550. The molecule has 1 atom stereocenters. The van der Waals surface area contributed by atoms with Gasteiger partial charge < -0.3 is 4.90 Å². The van der Waals surface area contributed by atoms with Crippen LogP contribution >= 0.6 is 0 Å². The lowest BCUT2D eigenvalue weighted by atomic mass is 10.2. The highest BCUT2D eigenvalue weighted by Crippen LogP contribution is 2.21. The zero-order chi connectivity index (χ0) is 21.3. The summed E-state index contributed by atoms with van der Waals surface area (Å²) in [5.74, 6) is 4.72. The van der Waals surface area contributed by atoms with Crippen molar-refractivity contribution in [3.8, 4) is 11.8 Å². The number of para-hydroxylation sites is 1. The SMILES string of the molecule is CCCCCC#CC(CS(=O)(=O)N1CCN(c2ccccc2F)CC1)N(O)C=O. The highest BCUT2D eigenvalue weighted by Gasteiger charge is 2.31. The van der Waals surface area contributed by atoms with Crippen LogP contribution < -0.4 is 4.90 Å². The van der Waals surface area contributed by atoms with Gasteiger partial charge in [-0.1, -0.05) is 37.8 Å². The van der Waals surface area contributed by atoms with E-state index in [-0.39, 0.29) is 25.3 Å². The number of sulfonamides is 1. The summed E-state index contributed by atoms with van der Waals surface area (Å²) in [5.41, 5.74) is 0.447. The van der Waals surface area contributed by atoms with E-state index in [1.54, 1.807) is 23.1 Å². The zero-order valence-corrected chi connectivity index (χ0v) is 17.4. The molecule has 0 aliphatic carbocycles. The van der Waals surface area contributed by atoms with E-state index in [0.717, 1.165) is 19.3 Å². The Labute approximate surface area is 172 Å². The molecule has 0 saturated carbocycles. The fourth-order valence-corrected chi connectivity index (χ4v) is 4.70. The van der Waals surface area contributed by atoms with E-state index >= 15 is 0 Å². The molecule has 29 heavy (non-hydrogen) atoms. The number of piperazine rings is 1. The number of benzene rings is 1. The monoisotopic (exact) mass is 425 g/mol. The van der Waals surface area contributed by atoms with Crippen LogP contribution in [0.3, 0.4) is 0 Å². The van der Waals surface area contributed by atoms with Crippen LogP contribution in [0.1, 0.15) is 32.6 Å².